The van der Waals surface area contributed by atoms with Crippen LogP contribution in [-0.2, 0) is 0 Å². The van der Waals surface area contributed by atoms with Crippen molar-refractivity contribution in [3.63, 3.8) is 0 Å². The number of carbonyl (C=O) groups excluding carboxylic acids is 1. The molecule has 0 saturated heterocycles. The van der Waals surface area contributed by atoms with Crippen LogP contribution in [0, 0.1) is 23.1 Å². The maximum atomic E-state index is 13.5. The fourth-order valence-electron chi connectivity index (χ4n) is 1.75. The molecular weight excluding hydrogens is 247 g/mol. The first-order chi connectivity index (χ1) is 9.04. The number of benzene rings is 1. The summed E-state index contributed by atoms with van der Waals surface area (Å²) in [7, 11) is 0. The number of carbonyl (C=O) groups is 1. The van der Waals surface area contributed by atoms with Crippen LogP contribution in [0.5, 0.6) is 0 Å². The molecule has 0 fully saturated rings. The minimum Gasteiger partial charge on any atom is -0.338 e. The van der Waals surface area contributed by atoms with E-state index in [2.05, 4.69) is 11.5 Å². The summed E-state index contributed by atoms with van der Waals surface area (Å²) in [5.41, 5.74) is 2.33. The maximum Gasteiger partial charge on any atom is 0.256 e. The van der Waals surface area contributed by atoms with Crippen molar-refractivity contribution in [2.24, 2.45) is 11.8 Å². The lowest BCUT2D eigenvalue weighted by molar-refractivity contribution is 0.0753. The third kappa shape index (κ3) is 3.42. The number of anilines is 1. The average molecular weight is 264 g/mol. The summed E-state index contributed by atoms with van der Waals surface area (Å²) in [5, 5.41) is 8.80. The molecule has 1 amide bonds. The molecule has 5 nitrogen and oxygen atoms in total. The second-order valence-corrected chi connectivity index (χ2v) is 4.18. The second kappa shape index (κ2) is 6.71. The van der Waals surface area contributed by atoms with Gasteiger partial charge in [-0.25, -0.2) is 4.39 Å². The first-order valence-electron chi connectivity index (χ1n) is 5.99. The Morgan fingerprint density at radius 3 is 2.84 bits per heavy atom. The highest BCUT2D eigenvalue weighted by Gasteiger charge is 2.20. The molecule has 1 aromatic rings. The van der Waals surface area contributed by atoms with Gasteiger partial charge in [-0.2, -0.15) is 5.26 Å². The predicted molar refractivity (Wildman–Crippen MR) is 70.6 cm³/mol. The molecule has 0 aliphatic heterocycles. The highest BCUT2D eigenvalue weighted by molar-refractivity contribution is 5.99. The third-order valence-electron chi connectivity index (χ3n) is 2.77. The van der Waals surface area contributed by atoms with Crippen molar-refractivity contribution >= 4 is 11.6 Å². The summed E-state index contributed by atoms with van der Waals surface area (Å²) < 4.78 is 13.5. The Bertz CT molecular complexity index is 498. The molecule has 19 heavy (non-hydrogen) atoms. The largest absolute Gasteiger partial charge is 0.338 e. The number of nitriles is 1. The summed E-state index contributed by atoms with van der Waals surface area (Å²) in [5.74, 6) is 4.02. The molecule has 102 valence electrons. The number of nitrogens with two attached hydrogens (primary N) is 1. The van der Waals surface area contributed by atoms with Crippen molar-refractivity contribution in [3.05, 3.63) is 29.6 Å². The summed E-state index contributed by atoms with van der Waals surface area (Å²) in [6.45, 7) is 4.26. The van der Waals surface area contributed by atoms with Crippen LogP contribution in [-0.4, -0.2) is 23.9 Å². The quantitative estimate of drug-likeness (QED) is 0.627. The smallest absolute Gasteiger partial charge is 0.256 e. The molecular formula is C13H17FN4O. The van der Waals surface area contributed by atoms with Crippen LogP contribution in [0.3, 0.4) is 0 Å². The van der Waals surface area contributed by atoms with Crippen LogP contribution in [0.2, 0.25) is 0 Å². The number of halogens is 1. The number of rotatable bonds is 5. The number of hydrogen-bond acceptors (Lipinski definition) is 4. The van der Waals surface area contributed by atoms with Gasteiger partial charge in [0.25, 0.3) is 5.91 Å². The molecule has 1 atom stereocenters. The number of nitrogens with zero attached hydrogens (tertiary/aromatic N) is 2. The first kappa shape index (κ1) is 14.9. The lowest BCUT2D eigenvalue weighted by atomic mass is 10.1. The van der Waals surface area contributed by atoms with Crippen LogP contribution < -0.4 is 11.3 Å². The molecule has 0 aromatic heterocycles. The highest BCUT2D eigenvalue weighted by Crippen LogP contribution is 2.20. The van der Waals surface area contributed by atoms with E-state index in [1.807, 2.05) is 0 Å². The molecule has 0 saturated carbocycles. The summed E-state index contributed by atoms with van der Waals surface area (Å²) in [6.07, 6.45) is 0. The van der Waals surface area contributed by atoms with E-state index in [0.717, 1.165) is 0 Å². The monoisotopic (exact) mass is 264 g/mol. The second-order valence-electron chi connectivity index (χ2n) is 4.18. The van der Waals surface area contributed by atoms with Crippen LogP contribution in [0.15, 0.2) is 18.2 Å². The van der Waals surface area contributed by atoms with Crippen LogP contribution in [0.1, 0.15) is 24.2 Å². The number of nitrogens with one attached hydrogen (secondary N) is 1. The Balaban J connectivity index is 3.05. The van der Waals surface area contributed by atoms with Crippen molar-refractivity contribution in [2.75, 3.05) is 18.5 Å². The van der Waals surface area contributed by atoms with Gasteiger partial charge < -0.3 is 10.3 Å². The van der Waals surface area contributed by atoms with Gasteiger partial charge in [-0.05, 0) is 26.0 Å². The molecule has 0 heterocycles. The van der Waals surface area contributed by atoms with Crippen molar-refractivity contribution in [2.45, 2.75) is 13.8 Å². The van der Waals surface area contributed by atoms with E-state index in [4.69, 9.17) is 11.1 Å². The summed E-state index contributed by atoms with van der Waals surface area (Å²) in [4.78, 5) is 13.8. The fourth-order valence-corrected chi connectivity index (χ4v) is 1.75. The van der Waals surface area contributed by atoms with Gasteiger partial charge in [0, 0.05) is 13.1 Å². The van der Waals surface area contributed by atoms with Gasteiger partial charge >= 0.3 is 0 Å². The van der Waals surface area contributed by atoms with Gasteiger partial charge in [0.2, 0.25) is 0 Å². The molecule has 3 N–H and O–H groups in total. The van der Waals surface area contributed by atoms with Gasteiger partial charge in [0.1, 0.15) is 5.82 Å². The van der Waals surface area contributed by atoms with E-state index < -0.39 is 5.82 Å². The number of para-hydroxylation sites is 1. The Labute approximate surface area is 111 Å². The van der Waals surface area contributed by atoms with E-state index in [1.54, 1.807) is 13.8 Å². The van der Waals surface area contributed by atoms with E-state index in [1.165, 1.54) is 23.1 Å². The molecule has 1 rings (SSSR count). The minimum absolute atomic E-state index is 0.0319. The Morgan fingerprint density at radius 2 is 2.32 bits per heavy atom. The Kier molecular flexibility index (Phi) is 5.27. The topological polar surface area (TPSA) is 82.2 Å². The lowest BCUT2D eigenvalue weighted by Gasteiger charge is -2.23. The molecule has 0 aliphatic rings. The van der Waals surface area contributed by atoms with Gasteiger partial charge in [-0.3, -0.25) is 10.6 Å². The van der Waals surface area contributed by atoms with E-state index >= 15 is 0 Å². The number of hydrogen-bond donors (Lipinski definition) is 2. The van der Waals surface area contributed by atoms with Crippen molar-refractivity contribution in [1.82, 2.24) is 4.90 Å². The van der Waals surface area contributed by atoms with E-state index in [-0.39, 0.29) is 23.1 Å². The zero-order chi connectivity index (χ0) is 14.4. The minimum atomic E-state index is -0.585. The number of hydrazine groups is 1. The molecule has 6 heteroatoms. The molecule has 1 unspecified atom stereocenters. The van der Waals surface area contributed by atoms with Crippen molar-refractivity contribution < 1.29 is 9.18 Å². The van der Waals surface area contributed by atoms with Crippen LogP contribution in [0.4, 0.5) is 10.1 Å². The lowest BCUT2D eigenvalue weighted by Crippen LogP contribution is -2.35. The normalized spacial score (nSPS) is 11.5. The summed E-state index contributed by atoms with van der Waals surface area (Å²) in [6, 6.07) is 6.24. The van der Waals surface area contributed by atoms with Gasteiger partial charge in [0.15, 0.2) is 0 Å². The average Bonchev–Trinajstić information content (AvgIpc) is 2.43. The Hall–Kier alpha value is -2.13. The first-order valence-corrected chi connectivity index (χ1v) is 5.99. The SMILES string of the molecule is CCN(CC(C)C#N)C(=O)c1cccc(F)c1NN. The standard InChI is InChI=1S/C13H17FN4O/c1-3-18(8-9(2)7-15)13(19)10-5-4-6-11(14)12(10)17-16/h4-6,9,17H,3,8,16H2,1-2H3. The molecule has 0 bridgehead atoms. The van der Waals surface area contributed by atoms with Gasteiger partial charge in [-0.15, -0.1) is 0 Å². The third-order valence-corrected chi connectivity index (χ3v) is 2.77. The molecule has 0 radical (unpaired) electrons. The Morgan fingerprint density at radius 1 is 1.63 bits per heavy atom. The molecule has 1 aromatic carbocycles. The maximum absolute atomic E-state index is 13.5. The zero-order valence-corrected chi connectivity index (χ0v) is 11.0. The van der Waals surface area contributed by atoms with E-state index in [9.17, 15) is 9.18 Å². The zero-order valence-electron chi connectivity index (χ0n) is 11.0. The van der Waals surface area contributed by atoms with Crippen LogP contribution >= 0.6 is 0 Å². The highest BCUT2D eigenvalue weighted by atomic mass is 19.1. The predicted octanol–water partition coefficient (Wildman–Crippen LogP) is 1.73. The van der Waals surface area contributed by atoms with Crippen molar-refractivity contribution in [3.8, 4) is 6.07 Å². The van der Waals surface area contributed by atoms with Gasteiger partial charge in [-0.1, -0.05) is 6.07 Å². The summed E-state index contributed by atoms with van der Waals surface area (Å²) >= 11 is 0. The van der Waals surface area contributed by atoms with Crippen molar-refractivity contribution in [1.29, 1.82) is 5.26 Å². The van der Waals surface area contributed by atoms with E-state index in [0.29, 0.717) is 13.1 Å². The van der Waals surface area contributed by atoms with Gasteiger partial charge in [0.05, 0.1) is 23.2 Å². The molecule has 0 aliphatic carbocycles. The van der Waals surface area contributed by atoms with Crippen LogP contribution in [0.25, 0.3) is 0 Å². The molecule has 0 spiro atoms. The number of amides is 1. The number of nitrogen functional groups attached to an aromatic ring is 1. The fraction of sp³-hybridized carbons (Fsp3) is 0.385.